The predicted molar refractivity (Wildman–Crippen MR) is 95.8 cm³/mol. The van der Waals surface area contributed by atoms with Crippen molar-refractivity contribution in [3.63, 3.8) is 0 Å². The molecule has 6 nitrogen and oxygen atoms in total. The highest BCUT2D eigenvalue weighted by Crippen LogP contribution is 2.19. The summed E-state index contributed by atoms with van der Waals surface area (Å²) in [5.74, 6) is 1.45. The zero-order chi connectivity index (χ0) is 17.6. The van der Waals surface area contributed by atoms with Crippen molar-refractivity contribution in [3.05, 3.63) is 35.7 Å². The van der Waals surface area contributed by atoms with Crippen LogP contribution in [-0.4, -0.2) is 40.1 Å². The van der Waals surface area contributed by atoms with Gasteiger partial charge in [-0.05, 0) is 38.3 Å². The summed E-state index contributed by atoms with van der Waals surface area (Å²) in [4.78, 5) is 18.5. The maximum Gasteiger partial charge on any atom is 0.257 e. The highest BCUT2D eigenvalue weighted by atomic mass is 16.5. The number of aromatic nitrogens is 2. The van der Waals surface area contributed by atoms with E-state index in [1.54, 1.807) is 0 Å². The van der Waals surface area contributed by atoms with Gasteiger partial charge in [0, 0.05) is 31.1 Å². The highest BCUT2D eigenvalue weighted by Gasteiger charge is 2.22. The van der Waals surface area contributed by atoms with Crippen molar-refractivity contribution in [3.8, 4) is 11.5 Å². The van der Waals surface area contributed by atoms with E-state index in [4.69, 9.17) is 4.52 Å². The van der Waals surface area contributed by atoms with Crippen molar-refractivity contribution in [2.45, 2.75) is 52.1 Å². The van der Waals surface area contributed by atoms with E-state index in [0.717, 1.165) is 37.9 Å². The first-order valence-electron chi connectivity index (χ1n) is 9.05. The van der Waals surface area contributed by atoms with Gasteiger partial charge in [0.05, 0.1) is 6.54 Å². The third kappa shape index (κ3) is 4.89. The molecule has 0 aliphatic carbocycles. The summed E-state index contributed by atoms with van der Waals surface area (Å²) in [6.45, 7) is 6.63. The van der Waals surface area contributed by atoms with Crippen molar-refractivity contribution in [1.82, 2.24) is 20.4 Å². The van der Waals surface area contributed by atoms with Crippen LogP contribution in [-0.2, 0) is 11.3 Å². The average molecular weight is 342 g/mol. The van der Waals surface area contributed by atoms with Crippen molar-refractivity contribution in [2.24, 2.45) is 0 Å². The molecule has 6 heteroatoms. The molecule has 1 aromatic heterocycles. The van der Waals surface area contributed by atoms with Crippen molar-refractivity contribution in [2.75, 3.05) is 13.1 Å². The first kappa shape index (κ1) is 17.6. The topological polar surface area (TPSA) is 71.3 Å². The number of aryl methyl sites for hydroxylation is 1. The van der Waals surface area contributed by atoms with Gasteiger partial charge in [0.15, 0.2) is 5.82 Å². The third-order valence-corrected chi connectivity index (χ3v) is 4.53. The van der Waals surface area contributed by atoms with E-state index in [1.165, 1.54) is 5.56 Å². The van der Waals surface area contributed by atoms with E-state index < -0.39 is 0 Å². The van der Waals surface area contributed by atoms with Crippen molar-refractivity contribution < 1.29 is 9.32 Å². The summed E-state index contributed by atoms with van der Waals surface area (Å²) < 4.78 is 5.40. The van der Waals surface area contributed by atoms with Gasteiger partial charge in [-0.2, -0.15) is 4.98 Å². The Morgan fingerprint density at radius 1 is 1.36 bits per heavy atom. The van der Waals surface area contributed by atoms with Crippen LogP contribution in [0.4, 0.5) is 0 Å². The Hall–Kier alpha value is -2.21. The largest absolute Gasteiger partial charge is 0.353 e. The lowest BCUT2D eigenvalue weighted by Gasteiger charge is -2.31. The first-order chi connectivity index (χ1) is 12.1. The molecule has 1 aromatic carbocycles. The van der Waals surface area contributed by atoms with Gasteiger partial charge in [-0.1, -0.05) is 29.8 Å². The second kappa shape index (κ2) is 8.25. The number of piperidine rings is 1. The summed E-state index contributed by atoms with van der Waals surface area (Å²) in [7, 11) is 0. The number of amides is 1. The maximum absolute atomic E-state index is 11.7. The van der Waals surface area contributed by atoms with Crippen LogP contribution in [0.25, 0.3) is 11.5 Å². The lowest BCUT2D eigenvalue weighted by atomic mass is 10.0. The summed E-state index contributed by atoms with van der Waals surface area (Å²) >= 11 is 0. The fourth-order valence-corrected chi connectivity index (χ4v) is 3.18. The van der Waals surface area contributed by atoms with Gasteiger partial charge < -0.3 is 9.84 Å². The van der Waals surface area contributed by atoms with Crippen LogP contribution < -0.4 is 5.32 Å². The number of benzene rings is 1. The number of nitrogens with zero attached hydrogens (tertiary/aromatic N) is 3. The smallest absolute Gasteiger partial charge is 0.257 e. The van der Waals surface area contributed by atoms with Gasteiger partial charge in [-0.3, -0.25) is 9.69 Å². The molecule has 2 heterocycles. The lowest BCUT2D eigenvalue weighted by Crippen LogP contribution is -2.44. The molecule has 25 heavy (non-hydrogen) atoms. The zero-order valence-electron chi connectivity index (χ0n) is 15.0. The van der Waals surface area contributed by atoms with Gasteiger partial charge in [0.1, 0.15) is 0 Å². The van der Waals surface area contributed by atoms with E-state index in [0.29, 0.717) is 30.7 Å². The van der Waals surface area contributed by atoms with Crippen LogP contribution in [0.5, 0.6) is 0 Å². The lowest BCUT2D eigenvalue weighted by molar-refractivity contribution is -0.122. The van der Waals surface area contributed by atoms with Crippen molar-refractivity contribution >= 4 is 5.91 Å². The van der Waals surface area contributed by atoms with E-state index in [9.17, 15) is 4.79 Å². The molecule has 0 atom stereocenters. The molecule has 0 radical (unpaired) electrons. The molecule has 0 unspecified atom stereocenters. The van der Waals surface area contributed by atoms with Crippen LogP contribution in [0, 0.1) is 6.92 Å². The number of carbonyl (C=O) groups excluding carboxylic acids is 1. The summed E-state index contributed by atoms with van der Waals surface area (Å²) in [5.41, 5.74) is 2.13. The Bertz CT molecular complexity index is 705. The van der Waals surface area contributed by atoms with E-state index >= 15 is 0 Å². The Morgan fingerprint density at radius 3 is 2.88 bits per heavy atom. The molecule has 1 fully saturated rings. The second-order valence-corrected chi connectivity index (χ2v) is 6.75. The molecule has 1 amide bonds. The molecule has 1 aliphatic heterocycles. The van der Waals surface area contributed by atoms with Gasteiger partial charge in [-0.15, -0.1) is 0 Å². The fourth-order valence-electron chi connectivity index (χ4n) is 3.18. The van der Waals surface area contributed by atoms with Gasteiger partial charge in [-0.25, -0.2) is 0 Å². The van der Waals surface area contributed by atoms with Gasteiger partial charge in [0.2, 0.25) is 5.91 Å². The number of likely N-dealkylation sites (tertiary alicyclic amines) is 1. The normalized spacial score (nSPS) is 16.1. The number of hydrogen-bond acceptors (Lipinski definition) is 5. The molecular weight excluding hydrogens is 316 g/mol. The molecule has 0 bridgehead atoms. The monoisotopic (exact) mass is 342 g/mol. The standard InChI is InChI=1S/C19H26N4O2/c1-3-5-18(24)20-16-8-10-23(11-9-16)13-17-21-19(25-22-17)15-7-4-6-14(2)12-15/h4,6-7,12,16H,3,5,8-11,13H2,1-2H3,(H,20,24). The summed E-state index contributed by atoms with van der Waals surface area (Å²) in [6.07, 6.45) is 3.45. The molecule has 134 valence electrons. The Balaban J connectivity index is 1.50. The SMILES string of the molecule is CCCC(=O)NC1CCN(Cc2noc(-c3cccc(C)c3)n2)CC1. The minimum atomic E-state index is 0.168. The molecule has 3 rings (SSSR count). The molecule has 1 aliphatic rings. The minimum absolute atomic E-state index is 0.168. The minimum Gasteiger partial charge on any atom is -0.353 e. The average Bonchev–Trinajstić information content (AvgIpc) is 3.05. The molecular formula is C19H26N4O2. The fraction of sp³-hybridized carbons (Fsp3) is 0.526. The third-order valence-electron chi connectivity index (χ3n) is 4.53. The quantitative estimate of drug-likeness (QED) is 0.874. The van der Waals surface area contributed by atoms with E-state index in [2.05, 4.69) is 20.4 Å². The van der Waals surface area contributed by atoms with Crippen molar-refractivity contribution in [1.29, 1.82) is 0 Å². The van der Waals surface area contributed by atoms with Gasteiger partial charge >= 0.3 is 0 Å². The molecule has 0 spiro atoms. The first-order valence-corrected chi connectivity index (χ1v) is 9.05. The Labute approximate surface area is 148 Å². The molecule has 1 saturated heterocycles. The molecule has 2 aromatic rings. The highest BCUT2D eigenvalue weighted by molar-refractivity contribution is 5.76. The molecule has 0 saturated carbocycles. The van der Waals surface area contributed by atoms with Gasteiger partial charge in [0.25, 0.3) is 5.89 Å². The van der Waals surface area contributed by atoms with E-state index in [-0.39, 0.29) is 5.91 Å². The number of hydrogen-bond donors (Lipinski definition) is 1. The van der Waals surface area contributed by atoms with Crippen LogP contribution in [0.1, 0.15) is 44.0 Å². The second-order valence-electron chi connectivity index (χ2n) is 6.75. The maximum atomic E-state index is 11.7. The van der Waals surface area contributed by atoms with Crippen LogP contribution in [0.3, 0.4) is 0 Å². The summed E-state index contributed by atoms with van der Waals surface area (Å²) in [5, 5.41) is 7.23. The number of rotatable bonds is 6. The van der Waals surface area contributed by atoms with Crippen LogP contribution >= 0.6 is 0 Å². The number of carbonyl (C=O) groups is 1. The number of nitrogens with one attached hydrogen (secondary N) is 1. The predicted octanol–water partition coefficient (Wildman–Crippen LogP) is 2.93. The van der Waals surface area contributed by atoms with Crippen LogP contribution in [0.2, 0.25) is 0 Å². The molecule has 1 N–H and O–H groups in total. The Kier molecular flexibility index (Phi) is 5.81. The van der Waals surface area contributed by atoms with E-state index in [1.807, 2.05) is 38.1 Å². The summed E-state index contributed by atoms with van der Waals surface area (Å²) in [6, 6.07) is 8.36. The Morgan fingerprint density at radius 2 is 2.16 bits per heavy atom. The zero-order valence-corrected chi connectivity index (χ0v) is 15.0. The van der Waals surface area contributed by atoms with Crippen LogP contribution in [0.15, 0.2) is 28.8 Å².